The average Bonchev–Trinajstić information content (AvgIpc) is 2.66. The summed E-state index contributed by atoms with van der Waals surface area (Å²) in [6.45, 7) is 0.102. The summed E-state index contributed by atoms with van der Waals surface area (Å²) in [6, 6.07) is 11.3. The van der Waals surface area contributed by atoms with Gasteiger partial charge in [-0.2, -0.15) is 0 Å². The zero-order valence-electron chi connectivity index (χ0n) is 14.2. The second-order valence-electron chi connectivity index (χ2n) is 5.63. The summed E-state index contributed by atoms with van der Waals surface area (Å²) in [6.07, 6.45) is -3.58. The van der Waals surface area contributed by atoms with Crippen molar-refractivity contribution in [2.45, 2.75) is 25.2 Å². The number of pyridine rings is 1. The van der Waals surface area contributed by atoms with Crippen LogP contribution in [-0.4, -0.2) is 44.0 Å². The monoisotopic (exact) mass is 377 g/mol. The first-order valence-electron chi connectivity index (χ1n) is 8.03. The van der Waals surface area contributed by atoms with Gasteiger partial charge in [-0.05, 0) is 34.0 Å². The average molecular weight is 377 g/mol. The number of rotatable bonds is 8. The molecule has 1 aromatic heterocycles. The number of aliphatic hydroxyl groups is 2. The van der Waals surface area contributed by atoms with E-state index in [0.717, 1.165) is 17.7 Å². The predicted octanol–water partition coefficient (Wildman–Crippen LogP) is 1.41. The first-order valence-corrected chi connectivity index (χ1v) is 8.03. The molecular weight excluding hydrogens is 358 g/mol. The largest absolute Gasteiger partial charge is 0.501 e. The van der Waals surface area contributed by atoms with Crippen LogP contribution in [0.2, 0.25) is 0 Å². The van der Waals surface area contributed by atoms with E-state index >= 15 is 0 Å². The lowest BCUT2D eigenvalue weighted by atomic mass is 10.1. The summed E-state index contributed by atoms with van der Waals surface area (Å²) in [4.78, 5) is 25.0. The van der Waals surface area contributed by atoms with Crippen LogP contribution < -0.4 is 5.32 Å². The molecule has 0 radical (unpaired) electrons. The van der Waals surface area contributed by atoms with Crippen molar-refractivity contribution in [3.05, 3.63) is 63.8 Å². The predicted molar refractivity (Wildman–Crippen MR) is 92.8 cm³/mol. The SMILES string of the molecule is O=C(NCCC(O)C(O)c1ccc(O)c([N+](=O)[O-])n1)OCc1ccccc1. The molecule has 2 unspecified atom stereocenters. The molecule has 1 aromatic carbocycles. The number of carbonyl (C=O) groups is 1. The summed E-state index contributed by atoms with van der Waals surface area (Å²) in [7, 11) is 0. The second-order valence-corrected chi connectivity index (χ2v) is 5.63. The van der Waals surface area contributed by atoms with Gasteiger partial charge in [0.2, 0.25) is 5.75 Å². The topological polar surface area (TPSA) is 155 Å². The first-order chi connectivity index (χ1) is 12.9. The molecule has 0 aliphatic heterocycles. The molecule has 27 heavy (non-hydrogen) atoms. The zero-order chi connectivity index (χ0) is 19.8. The van der Waals surface area contributed by atoms with Crippen molar-refractivity contribution < 1.29 is 29.8 Å². The van der Waals surface area contributed by atoms with E-state index in [2.05, 4.69) is 10.3 Å². The van der Waals surface area contributed by atoms with Crippen molar-refractivity contribution in [2.24, 2.45) is 0 Å². The number of ether oxygens (including phenoxy) is 1. The lowest BCUT2D eigenvalue weighted by Gasteiger charge is -2.15. The number of hydrogen-bond acceptors (Lipinski definition) is 8. The highest BCUT2D eigenvalue weighted by molar-refractivity contribution is 5.67. The van der Waals surface area contributed by atoms with E-state index < -0.39 is 34.8 Å². The van der Waals surface area contributed by atoms with Gasteiger partial charge in [0, 0.05) is 6.54 Å². The Morgan fingerprint density at radius 2 is 1.93 bits per heavy atom. The Hall–Kier alpha value is -3.24. The normalized spacial score (nSPS) is 12.8. The second kappa shape index (κ2) is 9.46. The van der Waals surface area contributed by atoms with Gasteiger partial charge in [-0.25, -0.2) is 4.79 Å². The van der Waals surface area contributed by atoms with Crippen LogP contribution in [0.15, 0.2) is 42.5 Å². The minimum absolute atomic E-state index is 0.00598. The fourth-order valence-electron chi connectivity index (χ4n) is 2.21. The van der Waals surface area contributed by atoms with Gasteiger partial charge < -0.3 is 35.5 Å². The zero-order valence-corrected chi connectivity index (χ0v) is 14.2. The number of aliphatic hydroxyl groups excluding tert-OH is 2. The third-order valence-corrected chi connectivity index (χ3v) is 3.64. The Kier molecular flexibility index (Phi) is 7.03. The van der Waals surface area contributed by atoms with E-state index in [4.69, 9.17) is 4.74 Å². The van der Waals surface area contributed by atoms with Gasteiger partial charge in [0.15, 0.2) is 5.69 Å². The number of benzene rings is 1. The molecule has 1 heterocycles. The Balaban J connectivity index is 1.79. The molecule has 0 fully saturated rings. The summed E-state index contributed by atoms with van der Waals surface area (Å²) >= 11 is 0. The number of aromatic hydroxyl groups is 1. The van der Waals surface area contributed by atoms with Crippen LogP contribution in [0.4, 0.5) is 10.6 Å². The molecular formula is C17H19N3O7. The number of amides is 1. The highest BCUT2D eigenvalue weighted by Crippen LogP contribution is 2.26. The van der Waals surface area contributed by atoms with Crippen molar-refractivity contribution in [1.29, 1.82) is 0 Å². The molecule has 2 rings (SSSR count). The lowest BCUT2D eigenvalue weighted by molar-refractivity contribution is -0.390. The third kappa shape index (κ3) is 5.90. The number of nitro groups is 1. The maximum Gasteiger partial charge on any atom is 0.407 e. The molecule has 0 aliphatic rings. The van der Waals surface area contributed by atoms with E-state index in [-0.39, 0.29) is 25.3 Å². The third-order valence-electron chi connectivity index (χ3n) is 3.64. The standard InChI is InChI=1S/C17H19N3O7/c21-13(15(23)12-6-7-14(22)16(19-12)20(25)26)8-9-18-17(24)27-10-11-4-2-1-3-5-11/h1-7,13,15,21-23H,8-10H2,(H,18,24). The first kappa shape index (κ1) is 20.1. The minimum Gasteiger partial charge on any atom is -0.501 e. The van der Waals surface area contributed by atoms with E-state index in [1.165, 1.54) is 0 Å². The summed E-state index contributed by atoms with van der Waals surface area (Å²) in [5.74, 6) is -1.46. The highest BCUT2D eigenvalue weighted by atomic mass is 16.6. The van der Waals surface area contributed by atoms with Gasteiger partial charge in [-0.15, -0.1) is 0 Å². The van der Waals surface area contributed by atoms with Crippen molar-refractivity contribution in [3.63, 3.8) is 0 Å². The van der Waals surface area contributed by atoms with Gasteiger partial charge in [-0.1, -0.05) is 30.3 Å². The number of aromatic nitrogens is 1. The Labute approximate surface area is 154 Å². The van der Waals surface area contributed by atoms with E-state index in [1.807, 2.05) is 18.2 Å². The summed E-state index contributed by atoms with van der Waals surface area (Å²) in [5, 5.41) is 42.6. The fourth-order valence-corrected chi connectivity index (χ4v) is 2.21. The smallest absolute Gasteiger partial charge is 0.407 e. The van der Waals surface area contributed by atoms with Crippen molar-refractivity contribution >= 4 is 11.9 Å². The van der Waals surface area contributed by atoms with Crippen LogP contribution in [0.25, 0.3) is 0 Å². The maximum absolute atomic E-state index is 11.6. The molecule has 2 aromatic rings. The number of nitrogens with zero attached hydrogens (tertiary/aromatic N) is 2. The van der Waals surface area contributed by atoms with Crippen LogP contribution in [0.5, 0.6) is 5.75 Å². The molecule has 0 saturated carbocycles. The summed E-state index contributed by atoms with van der Waals surface area (Å²) < 4.78 is 5.00. The lowest BCUT2D eigenvalue weighted by Crippen LogP contribution is -2.30. The van der Waals surface area contributed by atoms with Gasteiger partial charge in [0.1, 0.15) is 12.7 Å². The molecule has 4 N–H and O–H groups in total. The minimum atomic E-state index is -1.52. The number of alkyl carbamates (subject to hydrolysis) is 1. The molecule has 144 valence electrons. The van der Waals surface area contributed by atoms with Crippen LogP contribution in [0.1, 0.15) is 23.8 Å². The van der Waals surface area contributed by atoms with Crippen molar-refractivity contribution in [2.75, 3.05) is 6.54 Å². The molecule has 10 heteroatoms. The molecule has 10 nitrogen and oxygen atoms in total. The molecule has 2 atom stereocenters. The maximum atomic E-state index is 11.6. The number of nitrogens with one attached hydrogen (secondary N) is 1. The number of carbonyl (C=O) groups excluding carboxylic acids is 1. The van der Waals surface area contributed by atoms with Crippen molar-refractivity contribution in [3.8, 4) is 5.75 Å². The fraction of sp³-hybridized carbons (Fsp3) is 0.294. The molecule has 0 spiro atoms. The van der Waals surface area contributed by atoms with Crippen LogP contribution in [0, 0.1) is 10.1 Å². The van der Waals surface area contributed by atoms with Crippen LogP contribution in [-0.2, 0) is 11.3 Å². The van der Waals surface area contributed by atoms with Gasteiger partial charge in [-0.3, -0.25) is 0 Å². The number of hydrogen-bond donors (Lipinski definition) is 4. The van der Waals surface area contributed by atoms with E-state index in [9.17, 15) is 30.2 Å². The van der Waals surface area contributed by atoms with E-state index in [0.29, 0.717) is 0 Å². The van der Waals surface area contributed by atoms with Gasteiger partial charge in [0.25, 0.3) is 0 Å². The molecule has 0 saturated heterocycles. The van der Waals surface area contributed by atoms with Crippen molar-refractivity contribution in [1.82, 2.24) is 10.3 Å². The summed E-state index contributed by atoms with van der Waals surface area (Å²) in [5.41, 5.74) is 0.654. The van der Waals surface area contributed by atoms with E-state index in [1.54, 1.807) is 12.1 Å². The molecule has 1 amide bonds. The Morgan fingerprint density at radius 1 is 1.22 bits per heavy atom. The van der Waals surface area contributed by atoms with Crippen LogP contribution in [0.3, 0.4) is 0 Å². The van der Waals surface area contributed by atoms with Gasteiger partial charge in [0.05, 0.1) is 6.10 Å². The quantitative estimate of drug-likeness (QED) is 0.397. The van der Waals surface area contributed by atoms with Gasteiger partial charge >= 0.3 is 11.9 Å². The Bertz CT molecular complexity index is 785. The van der Waals surface area contributed by atoms with Crippen LogP contribution >= 0.6 is 0 Å². The highest BCUT2D eigenvalue weighted by Gasteiger charge is 2.26. The molecule has 0 aliphatic carbocycles. The molecule has 0 bridgehead atoms. The Morgan fingerprint density at radius 3 is 2.59 bits per heavy atom.